The fraction of sp³-hybridized carbons (Fsp3) is 0.333. The van der Waals surface area contributed by atoms with E-state index in [4.69, 9.17) is 4.74 Å². The molecule has 13 heavy (non-hydrogen) atoms. The van der Waals surface area contributed by atoms with Crippen molar-refractivity contribution in [3.63, 3.8) is 0 Å². The molecule has 0 saturated carbocycles. The molecule has 0 aliphatic rings. The average molecular weight is 178 g/mol. The van der Waals surface area contributed by atoms with Crippen LogP contribution >= 0.6 is 0 Å². The number of carbonyl (C=O) groups excluding carboxylic acids is 1. The molecule has 0 radical (unpaired) electrons. The Kier molecular flexibility index (Phi) is 3.09. The zero-order valence-electron chi connectivity index (χ0n) is 7.55. The van der Waals surface area contributed by atoms with Crippen LogP contribution in [0.5, 0.6) is 0 Å². The molecule has 0 aliphatic heterocycles. The smallest absolute Gasteiger partial charge is 0.342 e. The third-order valence-electron chi connectivity index (χ3n) is 1.38. The van der Waals surface area contributed by atoms with Gasteiger partial charge in [0.2, 0.25) is 0 Å². The molecule has 1 heterocycles. The number of hydrogen-bond donors (Lipinski definition) is 1. The molecule has 4 nitrogen and oxygen atoms in total. The summed E-state index contributed by atoms with van der Waals surface area (Å²) in [7, 11) is 0. The topological polar surface area (TPSA) is 55.0 Å². The van der Waals surface area contributed by atoms with Crippen molar-refractivity contribution in [3.05, 3.63) is 17.5 Å². The molecule has 0 amide bonds. The largest absolute Gasteiger partial charge is 0.462 e. The van der Waals surface area contributed by atoms with Crippen LogP contribution in [0.4, 0.5) is 0 Å². The van der Waals surface area contributed by atoms with Crippen LogP contribution in [0.15, 0.2) is 6.20 Å². The molecular formula is C9H10N2O2. The lowest BCUT2D eigenvalue weighted by molar-refractivity contribution is 0.0526. The number of aromatic amines is 1. The van der Waals surface area contributed by atoms with Crippen molar-refractivity contribution >= 4 is 5.97 Å². The van der Waals surface area contributed by atoms with E-state index in [1.807, 2.05) is 0 Å². The molecule has 4 heteroatoms. The van der Waals surface area contributed by atoms with Gasteiger partial charge in [0.1, 0.15) is 11.3 Å². The van der Waals surface area contributed by atoms with Gasteiger partial charge in [0.25, 0.3) is 0 Å². The fourth-order valence-corrected chi connectivity index (χ4v) is 0.868. The predicted molar refractivity (Wildman–Crippen MR) is 47.1 cm³/mol. The number of carbonyl (C=O) groups is 1. The molecule has 68 valence electrons. The van der Waals surface area contributed by atoms with E-state index >= 15 is 0 Å². The number of ether oxygens (including phenoxy) is 1. The van der Waals surface area contributed by atoms with E-state index in [0.717, 1.165) is 0 Å². The molecule has 0 aliphatic carbocycles. The average Bonchev–Trinajstić information content (AvgIpc) is 2.54. The summed E-state index contributed by atoms with van der Waals surface area (Å²) in [5, 5.41) is 6.38. The lowest BCUT2D eigenvalue weighted by Gasteiger charge is -1.97. The highest BCUT2D eigenvalue weighted by Gasteiger charge is 2.12. The van der Waals surface area contributed by atoms with Gasteiger partial charge in [-0.25, -0.2) is 4.79 Å². The Morgan fingerprint density at radius 2 is 2.54 bits per heavy atom. The van der Waals surface area contributed by atoms with E-state index in [-0.39, 0.29) is 0 Å². The lowest BCUT2D eigenvalue weighted by atomic mass is 10.2. The highest BCUT2D eigenvalue weighted by molar-refractivity contribution is 5.91. The minimum Gasteiger partial charge on any atom is -0.462 e. The first-order valence-electron chi connectivity index (χ1n) is 3.93. The van der Waals surface area contributed by atoms with E-state index in [2.05, 4.69) is 22.0 Å². The highest BCUT2D eigenvalue weighted by atomic mass is 16.5. The summed E-state index contributed by atoms with van der Waals surface area (Å²) in [4.78, 5) is 11.3. The van der Waals surface area contributed by atoms with Crippen LogP contribution in [0.1, 0.15) is 29.9 Å². The first-order valence-corrected chi connectivity index (χ1v) is 3.93. The first kappa shape index (κ1) is 9.33. The monoisotopic (exact) mass is 178 g/mol. The third kappa shape index (κ3) is 2.09. The molecule has 1 aromatic heterocycles. The molecule has 0 aromatic carbocycles. The zero-order valence-corrected chi connectivity index (χ0v) is 7.55. The summed E-state index contributed by atoms with van der Waals surface area (Å²) in [6.45, 7) is 3.79. The molecule has 0 bridgehead atoms. The van der Waals surface area contributed by atoms with Crippen molar-refractivity contribution in [1.82, 2.24) is 10.2 Å². The Morgan fingerprint density at radius 1 is 1.77 bits per heavy atom. The molecule has 0 fully saturated rings. The van der Waals surface area contributed by atoms with Crippen LogP contribution in [0.3, 0.4) is 0 Å². The Hall–Kier alpha value is -1.76. The molecule has 0 saturated heterocycles. The first-order chi connectivity index (χ1) is 6.29. The van der Waals surface area contributed by atoms with Crippen LogP contribution in [0, 0.1) is 11.8 Å². The summed E-state index contributed by atoms with van der Waals surface area (Å²) in [5.41, 5.74) is 0.817. The van der Waals surface area contributed by atoms with Crippen molar-refractivity contribution in [2.75, 3.05) is 6.61 Å². The van der Waals surface area contributed by atoms with Crippen molar-refractivity contribution in [2.45, 2.75) is 13.8 Å². The third-order valence-corrected chi connectivity index (χ3v) is 1.38. The van der Waals surface area contributed by atoms with Crippen LogP contribution in [0.2, 0.25) is 0 Å². The van der Waals surface area contributed by atoms with Gasteiger partial charge >= 0.3 is 5.97 Å². The minimum atomic E-state index is -0.394. The maximum absolute atomic E-state index is 11.3. The van der Waals surface area contributed by atoms with Gasteiger partial charge in [-0.2, -0.15) is 5.10 Å². The van der Waals surface area contributed by atoms with Gasteiger partial charge in [-0.1, -0.05) is 5.92 Å². The molecule has 0 atom stereocenters. The summed E-state index contributed by atoms with van der Waals surface area (Å²) < 4.78 is 4.81. The number of rotatable bonds is 2. The number of aromatic nitrogens is 2. The van der Waals surface area contributed by atoms with Gasteiger partial charge in [-0.05, 0) is 19.8 Å². The zero-order chi connectivity index (χ0) is 9.68. The molecule has 1 aromatic rings. The molecular weight excluding hydrogens is 168 g/mol. The van der Waals surface area contributed by atoms with E-state index in [1.54, 1.807) is 13.8 Å². The van der Waals surface area contributed by atoms with Gasteiger partial charge in [-0.15, -0.1) is 0 Å². The summed E-state index contributed by atoms with van der Waals surface area (Å²) >= 11 is 0. The summed E-state index contributed by atoms with van der Waals surface area (Å²) in [6.07, 6.45) is 1.48. The second kappa shape index (κ2) is 4.31. The Bertz CT molecular complexity index is 357. The van der Waals surface area contributed by atoms with Gasteiger partial charge in [-0.3, -0.25) is 5.10 Å². The van der Waals surface area contributed by atoms with Gasteiger partial charge in [0, 0.05) is 6.20 Å². The maximum Gasteiger partial charge on any atom is 0.342 e. The van der Waals surface area contributed by atoms with Crippen molar-refractivity contribution in [1.29, 1.82) is 0 Å². The predicted octanol–water partition coefficient (Wildman–Crippen LogP) is 0.958. The van der Waals surface area contributed by atoms with Gasteiger partial charge in [0.15, 0.2) is 0 Å². The molecule has 1 rings (SSSR count). The van der Waals surface area contributed by atoms with Crippen molar-refractivity contribution in [3.8, 4) is 11.8 Å². The maximum atomic E-state index is 11.3. The quantitative estimate of drug-likeness (QED) is 0.542. The number of H-pyrrole nitrogens is 1. The molecule has 1 N–H and O–H groups in total. The Balaban J connectivity index is 2.91. The molecule has 0 unspecified atom stereocenters. The molecule has 0 spiro atoms. The van der Waals surface area contributed by atoms with Crippen molar-refractivity contribution < 1.29 is 9.53 Å². The van der Waals surface area contributed by atoms with Gasteiger partial charge in [0.05, 0.1) is 6.61 Å². The number of nitrogens with zero attached hydrogens (tertiary/aromatic N) is 1. The standard InChI is InChI=1S/C9H10N2O2/c1-3-5-8-7(6-10-11-8)9(12)13-4-2/h6H,4H2,1-2H3,(H,10,11). The van der Waals surface area contributed by atoms with E-state index < -0.39 is 5.97 Å². The SMILES string of the molecule is CC#Cc1n[nH]cc1C(=O)OCC. The van der Waals surface area contributed by atoms with Crippen LogP contribution < -0.4 is 0 Å². The fourth-order valence-electron chi connectivity index (χ4n) is 0.868. The summed E-state index contributed by atoms with van der Waals surface area (Å²) in [5.74, 6) is 4.97. The second-order valence-corrected chi connectivity index (χ2v) is 2.24. The van der Waals surface area contributed by atoms with Crippen LogP contribution in [-0.2, 0) is 4.74 Å². The van der Waals surface area contributed by atoms with Crippen LogP contribution in [-0.4, -0.2) is 22.8 Å². The Labute approximate surface area is 76.3 Å². The minimum absolute atomic E-state index is 0.350. The second-order valence-electron chi connectivity index (χ2n) is 2.24. The van der Waals surface area contributed by atoms with Crippen LogP contribution in [0.25, 0.3) is 0 Å². The number of esters is 1. The van der Waals surface area contributed by atoms with E-state index in [1.165, 1.54) is 6.20 Å². The number of nitrogens with one attached hydrogen (secondary N) is 1. The Morgan fingerprint density at radius 3 is 3.15 bits per heavy atom. The van der Waals surface area contributed by atoms with Crippen molar-refractivity contribution in [2.24, 2.45) is 0 Å². The normalized spacial score (nSPS) is 8.77. The van der Waals surface area contributed by atoms with Gasteiger partial charge < -0.3 is 4.74 Å². The number of hydrogen-bond acceptors (Lipinski definition) is 3. The highest BCUT2D eigenvalue weighted by Crippen LogP contribution is 2.04. The van der Waals surface area contributed by atoms with E-state index in [0.29, 0.717) is 17.9 Å². The lowest BCUT2D eigenvalue weighted by Crippen LogP contribution is -2.05. The van der Waals surface area contributed by atoms with E-state index in [9.17, 15) is 4.79 Å². The summed E-state index contributed by atoms with van der Waals surface area (Å²) in [6, 6.07) is 0.